The van der Waals surface area contributed by atoms with E-state index in [9.17, 15) is 45.3 Å². The van der Waals surface area contributed by atoms with E-state index >= 15 is 0 Å². The standard InChI is InChI=1S/C25H24ClO6PS.C21H16ClO6PS.C3H9BrSi.C2H4O2/c1-3-31-33(28,32-4-2)25(22-16-34(29,30)24-12-11-20(26)15-21(22)24)23(27)14-17-9-10-18-7-5-6-8-19(18)13-17;22-16-7-8-20-17(11-16)18(12-30(20,27)28)21(29(24,25)26)19(23)10-13-5-6-14-3-1-2-4-15(14)9-13;1-5(2,3)4;1-2(3)4/h5-13,15-16,25H,3-4,14H2,1-2H3;1-9,11-12,21H,10H2,(H2,24,25,26);1-3H3;1H3,(H,3,4). The fourth-order valence-electron chi connectivity index (χ4n) is 7.87. The van der Waals surface area contributed by atoms with Gasteiger partial charge in [0.15, 0.2) is 11.6 Å². The molecule has 388 valence electrons. The first-order valence-electron chi connectivity index (χ1n) is 22.3. The maximum Gasteiger partial charge on any atom is 0.345 e. The molecule has 0 bridgehead atoms. The highest BCUT2D eigenvalue weighted by Gasteiger charge is 2.47. The number of hydrogen-bond acceptors (Lipinski definition) is 11. The van der Waals surface area contributed by atoms with Gasteiger partial charge in [0.25, 0.3) is 5.97 Å². The molecule has 0 aromatic heterocycles. The van der Waals surface area contributed by atoms with Crippen molar-refractivity contribution in [1.82, 2.24) is 0 Å². The zero-order chi connectivity index (χ0) is 54.3. The lowest BCUT2D eigenvalue weighted by atomic mass is 9.97. The molecule has 6 aromatic carbocycles. The molecule has 0 spiro atoms. The summed E-state index contributed by atoms with van der Waals surface area (Å²) in [7, 11) is -16.9. The monoisotopic (exact) mass is 1190 g/mol. The highest BCUT2D eigenvalue weighted by Crippen LogP contribution is 2.59. The highest BCUT2D eigenvalue weighted by molar-refractivity contribution is 9.26. The van der Waals surface area contributed by atoms with Crippen LogP contribution in [0.4, 0.5) is 0 Å². The number of carbonyl (C=O) groups is 3. The quantitative estimate of drug-likeness (QED) is 0.0523. The van der Waals surface area contributed by atoms with Crippen molar-refractivity contribution in [2.75, 3.05) is 13.2 Å². The second kappa shape index (κ2) is 24.5. The van der Waals surface area contributed by atoms with Crippen molar-refractivity contribution in [3.05, 3.63) is 164 Å². The number of carboxylic acids is 1. The van der Waals surface area contributed by atoms with Crippen LogP contribution in [0.2, 0.25) is 29.7 Å². The average Bonchev–Trinajstić information content (AvgIpc) is 3.68. The van der Waals surface area contributed by atoms with Crippen molar-refractivity contribution in [3.63, 3.8) is 0 Å². The fraction of sp³-hybridized carbons (Fsp3) is 0.235. The minimum Gasteiger partial charge on any atom is -0.481 e. The van der Waals surface area contributed by atoms with Crippen LogP contribution in [0.15, 0.2) is 142 Å². The molecular weight excluding hydrogens is 1140 g/mol. The van der Waals surface area contributed by atoms with Crippen LogP contribution in [0.25, 0.3) is 32.7 Å². The number of benzene rings is 6. The van der Waals surface area contributed by atoms with Crippen molar-refractivity contribution < 1.29 is 64.3 Å². The van der Waals surface area contributed by atoms with Gasteiger partial charge in [-0.1, -0.05) is 128 Å². The molecule has 0 saturated carbocycles. The van der Waals surface area contributed by atoms with E-state index in [0.29, 0.717) is 16.1 Å². The molecule has 14 nitrogen and oxygen atoms in total. The van der Waals surface area contributed by atoms with Gasteiger partial charge >= 0.3 is 15.2 Å². The molecule has 22 heteroatoms. The number of carbonyl (C=O) groups excluding carboxylic acids is 2. The molecule has 0 fully saturated rings. The Morgan fingerprint density at radius 2 is 0.945 bits per heavy atom. The third kappa shape index (κ3) is 15.8. The number of Topliss-reactive ketones (excluding diaryl/α,β-unsaturated/α-hetero) is 2. The zero-order valence-corrected chi connectivity index (χ0v) is 47.9. The molecule has 0 saturated heterocycles. The van der Waals surface area contributed by atoms with E-state index in [-0.39, 0.29) is 63.1 Å². The zero-order valence-electron chi connectivity index (χ0n) is 40.4. The maximum atomic E-state index is 13.9. The molecule has 6 aromatic rings. The largest absolute Gasteiger partial charge is 0.481 e. The SMILES string of the molecule is CC(=O)O.CCOP(=O)(OCC)C(C(=O)Cc1ccc2ccccc2c1)C1=CS(=O)(=O)c2ccc(Cl)cc21.C[Si](C)(C)Br.O=C(Cc1ccc2ccccc2c1)C(C1=CS(=O)(=O)c2ccc(Cl)cc21)P(=O)(O)O. The summed E-state index contributed by atoms with van der Waals surface area (Å²) >= 11 is 15.6. The molecule has 8 rings (SSSR count). The second-order valence-corrected chi connectivity index (χ2v) is 37.0. The Labute approximate surface area is 443 Å². The number of rotatable bonds is 14. The van der Waals surface area contributed by atoms with Gasteiger partial charge in [0, 0.05) is 51.8 Å². The lowest BCUT2D eigenvalue weighted by Gasteiger charge is -2.26. The summed E-state index contributed by atoms with van der Waals surface area (Å²) in [5, 5.41) is 13.5. The highest BCUT2D eigenvalue weighted by atomic mass is 79.9. The van der Waals surface area contributed by atoms with E-state index in [1.165, 1.54) is 36.4 Å². The molecular formula is C51H53BrCl2O14P2S2Si. The smallest absolute Gasteiger partial charge is 0.345 e. The van der Waals surface area contributed by atoms with Gasteiger partial charge in [-0.3, -0.25) is 23.5 Å². The van der Waals surface area contributed by atoms with E-state index < -0.39 is 70.4 Å². The van der Waals surface area contributed by atoms with Gasteiger partial charge in [-0.15, -0.1) is 15.3 Å². The Bertz CT molecular complexity index is 3460. The Hall–Kier alpha value is -4.39. The number of fused-ring (bicyclic) bond motifs is 4. The molecule has 2 unspecified atom stereocenters. The number of hydrogen-bond donors (Lipinski definition) is 3. The van der Waals surface area contributed by atoms with Gasteiger partial charge in [-0.25, -0.2) is 16.8 Å². The molecule has 2 atom stereocenters. The first kappa shape index (κ1) is 59.5. The van der Waals surface area contributed by atoms with Crippen molar-refractivity contribution in [2.24, 2.45) is 0 Å². The van der Waals surface area contributed by atoms with Gasteiger partial charge in [0.1, 0.15) is 18.0 Å². The maximum absolute atomic E-state index is 13.9. The molecule has 73 heavy (non-hydrogen) atoms. The van der Waals surface area contributed by atoms with Crippen molar-refractivity contribution in [2.45, 2.75) is 74.4 Å². The van der Waals surface area contributed by atoms with Gasteiger partial charge in [-0.2, -0.15) is 0 Å². The minimum atomic E-state index is -5.02. The van der Waals surface area contributed by atoms with Crippen LogP contribution in [-0.2, 0) is 65.1 Å². The molecule has 3 N–H and O–H groups in total. The molecule has 2 aliphatic rings. The van der Waals surface area contributed by atoms with Gasteiger partial charge in [0.2, 0.25) is 19.7 Å². The Kier molecular flexibility index (Phi) is 20.0. The van der Waals surface area contributed by atoms with E-state index in [2.05, 4.69) is 34.9 Å². The van der Waals surface area contributed by atoms with Gasteiger partial charge in [0.05, 0.1) is 23.0 Å². The minimum absolute atomic E-state index is 0.00921. The Morgan fingerprint density at radius 1 is 0.603 bits per heavy atom. The summed E-state index contributed by atoms with van der Waals surface area (Å²) < 4.78 is 87.8. The number of ketones is 2. The van der Waals surface area contributed by atoms with Crippen LogP contribution >= 0.6 is 53.7 Å². The Balaban J connectivity index is 0.000000233. The summed E-state index contributed by atoms with van der Waals surface area (Å²) in [6.07, 6.45) is -0.333. The van der Waals surface area contributed by atoms with Crippen LogP contribution < -0.4 is 0 Å². The van der Waals surface area contributed by atoms with Gasteiger partial charge in [-0.05, 0) is 94.1 Å². The van der Waals surface area contributed by atoms with Crippen molar-refractivity contribution in [3.8, 4) is 0 Å². The molecule has 0 aliphatic carbocycles. The average molecular weight is 1190 g/mol. The number of allylic oxidation sites excluding steroid dienone is 2. The van der Waals surface area contributed by atoms with Crippen LogP contribution in [0.5, 0.6) is 0 Å². The fourth-order valence-corrected chi connectivity index (χ4v) is 14.5. The predicted octanol–water partition coefficient (Wildman–Crippen LogP) is 12.4. The number of aliphatic carboxylic acids is 1. The van der Waals surface area contributed by atoms with E-state index in [0.717, 1.165) is 39.3 Å². The lowest BCUT2D eigenvalue weighted by molar-refractivity contribution is -0.134. The topological polar surface area (TPSA) is 233 Å². The van der Waals surface area contributed by atoms with Crippen molar-refractivity contribution in [1.29, 1.82) is 0 Å². The molecule has 2 aliphatic heterocycles. The van der Waals surface area contributed by atoms with Crippen LogP contribution in [0, 0.1) is 0 Å². The van der Waals surface area contributed by atoms with Crippen LogP contribution in [0.1, 0.15) is 43.0 Å². The predicted molar refractivity (Wildman–Crippen MR) is 295 cm³/mol. The number of carboxylic acid groups (broad SMARTS) is 1. The summed E-state index contributed by atoms with van der Waals surface area (Å²) in [4.78, 5) is 55.5. The third-order valence-electron chi connectivity index (χ3n) is 10.5. The van der Waals surface area contributed by atoms with Crippen molar-refractivity contribution >= 4 is 130 Å². The first-order chi connectivity index (χ1) is 34.0. The van der Waals surface area contributed by atoms with Crippen LogP contribution in [0.3, 0.4) is 0 Å². The van der Waals surface area contributed by atoms with E-state index in [1.54, 1.807) is 26.0 Å². The first-order valence-corrected chi connectivity index (χ1v) is 35.2. The third-order valence-corrected chi connectivity index (χ3v) is 17.7. The summed E-state index contributed by atoms with van der Waals surface area (Å²) in [6, 6.07) is 34.4. The van der Waals surface area contributed by atoms with E-state index in [4.69, 9.17) is 42.2 Å². The Morgan fingerprint density at radius 3 is 1.30 bits per heavy atom. The van der Waals surface area contributed by atoms with Gasteiger partial charge < -0.3 is 23.9 Å². The normalized spacial score (nSPS) is 15.1. The molecule has 2 heterocycles. The second-order valence-electron chi connectivity index (χ2n) is 17.5. The molecule has 0 amide bonds. The summed E-state index contributed by atoms with van der Waals surface area (Å²) in [6.45, 7) is 10.3. The van der Waals surface area contributed by atoms with E-state index in [1.807, 2.05) is 72.8 Å². The van der Waals surface area contributed by atoms with Crippen LogP contribution in [-0.4, -0.2) is 80.5 Å². The number of halogens is 3. The lowest BCUT2D eigenvalue weighted by Crippen LogP contribution is -2.26. The summed E-state index contributed by atoms with van der Waals surface area (Å²) in [5.74, 6) is -2.07. The number of sulfone groups is 2. The molecule has 0 radical (unpaired) electrons. The summed E-state index contributed by atoms with van der Waals surface area (Å²) in [5.41, 5.74) is -1.91.